The van der Waals surface area contributed by atoms with Gasteiger partial charge in [0.05, 0.1) is 12.1 Å². The lowest BCUT2D eigenvalue weighted by Gasteiger charge is -2.14. The minimum Gasteiger partial charge on any atom is -0.506 e. The number of phenols is 1. The average Bonchev–Trinajstić information content (AvgIpc) is 2.34. The van der Waals surface area contributed by atoms with Crippen molar-refractivity contribution in [1.29, 1.82) is 0 Å². The summed E-state index contributed by atoms with van der Waals surface area (Å²) in [4.78, 5) is 22.6. The van der Waals surface area contributed by atoms with Crippen LogP contribution in [0.3, 0.4) is 0 Å². The zero-order valence-electron chi connectivity index (χ0n) is 11.1. The van der Waals surface area contributed by atoms with Crippen LogP contribution in [-0.2, 0) is 16.0 Å². The number of rotatable bonds is 6. The molecule has 1 amide bonds. The molecule has 1 aromatic carbocycles. The molecule has 0 radical (unpaired) electrons. The van der Waals surface area contributed by atoms with Crippen molar-refractivity contribution in [2.75, 3.05) is 5.32 Å². The third-order valence-electron chi connectivity index (χ3n) is 3.03. The molecule has 3 N–H and O–H groups in total. The lowest BCUT2D eigenvalue weighted by atomic mass is 10.0. The van der Waals surface area contributed by atoms with Crippen LogP contribution < -0.4 is 5.32 Å². The summed E-state index contributed by atoms with van der Waals surface area (Å²) in [5, 5.41) is 21.1. The molecule has 0 saturated heterocycles. The second-order valence-corrected chi connectivity index (χ2v) is 4.42. The maximum atomic E-state index is 11.9. The topological polar surface area (TPSA) is 86.6 Å². The number of carbonyl (C=O) groups is 2. The van der Waals surface area contributed by atoms with Crippen LogP contribution in [0.25, 0.3) is 0 Å². The van der Waals surface area contributed by atoms with Crippen LogP contribution in [-0.4, -0.2) is 22.1 Å². The Labute approximate surface area is 112 Å². The number of aliphatic carboxylic acids is 1. The Bertz CT molecular complexity index is 467. The molecule has 1 rings (SSSR count). The molecule has 0 aliphatic rings. The monoisotopic (exact) mass is 265 g/mol. The molecular weight excluding hydrogens is 246 g/mol. The molecule has 0 heterocycles. The molecule has 0 bridgehead atoms. The van der Waals surface area contributed by atoms with Crippen molar-refractivity contribution in [2.45, 2.75) is 33.1 Å². The first-order chi connectivity index (χ1) is 8.97. The van der Waals surface area contributed by atoms with E-state index in [2.05, 4.69) is 5.32 Å². The van der Waals surface area contributed by atoms with Gasteiger partial charge in [0.25, 0.3) is 0 Å². The normalized spacial score (nSPS) is 10.5. The second-order valence-electron chi connectivity index (χ2n) is 4.42. The van der Waals surface area contributed by atoms with E-state index in [1.165, 1.54) is 18.2 Å². The highest BCUT2D eigenvalue weighted by Crippen LogP contribution is 2.25. The minimum absolute atomic E-state index is 0.0616. The summed E-state index contributed by atoms with van der Waals surface area (Å²) in [6.07, 6.45) is 1.30. The number of aromatic hydroxyl groups is 1. The summed E-state index contributed by atoms with van der Waals surface area (Å²) in [6, 6.07) is 4.40. The number of carboxylic acid groups (broad SMARTS) is 1. The molecule has 0 aromatic heterocycles. The Morgan fingerprint density at radius 1 is 1.26 bits per heavy atom. The standard InChI is InChI=1S/C14H19NO4/c1-3-10(4-2)14(19)15-11-7-9(8-13(17)18)5-6-12(11)16/h5-7,10,16H,3-4,8H2,1-2H3,(H,15,19)(H,17,18). The van der Waals surface area contributed by atoms with Crippen molar-refractivity contribution in [3.05, 3.63) is 23.8 Å². The summed E-state index contributed by atoms with van der Waals surface area (Å²) in [5.41, 5.74) is 0.792. The van der Waals surface area contributed by atoms with Gasteiger partial charge in [0, 0.05) is 5.92 Å². The van der Waals surface area contributed by atoms with Crippen molar-refractivity contribution in [2.24, 2.45) is 5.92 Å². The fourth-order valence-electron chi connectivity index (χ4n) is 1.86. The summed E-state index contributed by atoms with van der Waals surface area (Å²) < 4.78 is 0. The van der Waals surface area contributed by atoms with E-state index < -0.39 is 5.97 Å². The molecule has 5 nitrogen and oxygen atoms in total. The van der Waals surface area contributed by atoms with E-state index in [0.717, 1.165) is 12.8 Å². The van der Waals surface area contributed by atoms with Gasteiger partial charge in [0.15, 0.2) is 0 Å². The molecule has 0 saturated carbocycles. The Morgan fingerprint density at radius 3 is 2.42 bits per heavy atom. The summed E-state index contributed by atoms with van der Waals surface area (Å²) in [7, 11) is 0. The van der Waals surface area contributed by atoms with Crippen molar-refractivity contribution < 1.29 is 19.8 Å². The fraction of sp³-hybridized carbons (Fsp3) is 0.429. The van der Waals surface area contributed by atoms with Gasteiger partial charge in [-0.25, -0.2) is 0 Å². The number of hydrogen-bond donors (Lipinski definition) is 3. The maximum absolute atomic E-state index is 11.9. The van der Waals surface area contributed by atoms with Crippen LogP contribution in [0.2, 0.25) is 0 Å². The summed E-state index contributed by atoms with van der Waals surface area (Å²) in [5.74, 6) is -1.29. The Hall–Kier alpha value is -2.04. The lowest BCUT2D eigenvalue weighted by molar-refractivity contribution is -0.136. The first-order valence-electron chi connectivity index (χ1n) is 6.32. The molecule has 5 heteroatoms. The number of amides is 1. The minimum atomic E-state index is -0.956. The highest BCUT2D eigenvalue weighted by atomic mass is 16.4. The molecule has 104 valence electrons. The van der Waals surface area contributed by atoms with Crippen molar-refractivity contribution in [1.82, 2.24) is 0 Å². The maximum Gasteiger partial charge on any atom is 0.307 e. The molecule has 0 fully saturated rings. The molecule has 0 unspecified atom stereocenters. The van der Waals surface area contributed by atoms with Crippen molar-refractivity contribution in [3.63, 3.8) is 0 Å². The van der Waals surface area contributed by atoms with Gasteiger partial charge in [-0.2, -0.15) is 0 Å². The number of carbonyl (C=O) groups excluding carboxylic acids is 1. The molecule has 0 aliphatic carbocycles. The lowest BCUT2D eigenvalue weighted by Crippen LogP contribution is -2.21. The third kappa shape index (κ3) is 4.28. The van der Waals surface area contributed by atoms with E-state index in [9.17, 15) is 14.7 Å². The molecule has 1 aromatic rings. The van der Waals surface area contributed by atoms with Gasteiger partial charge in [-0.05, 0) is 30.5 Å². The van der Waals surface area contributed by atoms with Gasteiger partial charge in [0.2, 0.25) is 5.91 Å². The van der Waals surface area contributed by atoms with Crippen LogP contribution in [0.4, 0.5) is 5.69 Å². The first-order valence-corrected chi connectivity index (χ1v) is 6.32. The van der Waals surface area contributed by atoms with Crippen LogP contribution in [0, 0.1) is 5.92 Å². The van der Waals surface area contributed by atoms with Gasteiger partial charge in [-0.1, -0.05) is 19.9 Å². The quantitative estimate of drug-likeness (QED) is 0.689. The zero-order chi connectivity index (χ0) is 14.4. The number of phenolic OH excluding ortho intramolecular Hbond substituents is 1. The fourth-order valence-corrected chi connectivity index (χ4v) is 1.86. The molecular formula is C14H19NO4. The Balaban J connectivity index is 2.87. The number of nitrogens with one attached hydrogen (secondary N) is 1. The zero-order valence-corrected chi connectivity index (χ0v) is 11.1. The van der Waals surface area contributed by atoms with E-state index in [0.29, 0.717) is 5.56 Å². The SMILES string of the molecule is CCC(CC)C(=O)Nc1cc(CC(=O)O)ccc1O. The van der Waals surface area contributed by atoms with Gasteiger partial charge in [-0.15, -0.1) is 0 Å². The van der Waals surface area contributed by atoms with E-state index in [4.69, 9.17) is 5.11 Å². The summed E-state index contributed by atoms with van der Waals surface area (Å²) in [6.45, 7) is 3.85. The van der Waals surface area contributed by atoms with Crippen LogP contribution in [0.5, 0.6) is 5.75 Å². The van der Waals surface area contributed by atoms with E-state index >= 15 is 0 Å². The highest BCUT2D eigenvalue weighted by molar-refractivity contribution is 5.94. The van der Waals surface area contributed by atoms with Gasteiger partial charge in [-0.3, -0.25) is 9.59 Å². The third-order valence-corrected chi connectivity index (χ3v) is 3.03. The number of hydrogen-bond acceptors (Lipinski definition) is 3. The predicted molar refractivity (Wildman–Crippen MR) is 72.1 cm³/mol. The smallest absolute Gasteiger partial charge is 0.307 e. The number of anilines is 1. The predicted octanol–water partition coefficient (Wildman–Crippen LogP) is 2.39. The molecule has 0 aliphatic heterocycles. The Morgan fingerprint density at radius 2 is 1.89 bits per heavy atom. The molecule has 19 heavy (non-hydrogen) atoms. The van der Waals surface area contributed by atoms with Gasteiger partial charge < -0.3 is 15.5 Å². The van der Waals surface area contributed by atoms with E-state index in [1.807, 2.05) is 13.8 Å². The number of carboxylic acids is 1. The number of benzene rings is 1. The molecule has 0 spiro atoms. The van der Waals surface area contributed by atoms with Crippen molar-refractivity contribution in [3.8, 4) is 5.75 Å². The largest absolute Gasteiger partial charge is 0.506 e. The van der Waals surface area contributed by atoms with Gasteiger partial charge in [0.1, 0.15) is 5.75 Å². The van der Waals surface area contributed by atoms with Crippen LogP contribution >= 0.6 is 0 Å². The second kappa shape index (κ2) is 6.78. The van der Waals surface area contributed by atoms with E-state index in [1.54, 1.807) is 0 Å². The van der Waals surface area contributed by atoms with Crippen molar-refractivity contribution >= 4 is 17.6 Å². The first kappa shape index (κ1) is 15.0. The average molecular weight is 265 g/mol. The van der Waals surface area contributed by atoms with Crippen LogP contribution in [0.1, 0.15) is 32.3 Å². The van der Waals surface area contributed by atoms with Crippen LogP contribution in [0.15, 0.2) is 18.2 Å². The summed E-state index contributed by atoms with van der Waals surface area (Å²) >= 11 is 0. The highest BCUT2D eigenvalue weighted by Gasteiger charge is 2.16. The van der Waals surface area contributed by atoms with Gasteiger partial charge >= 0.3 is 5.97 Å². The Kier molecular flexibility index (Phi) is 5.36. The molecule has 0 atom stereocenters. The van der Waals surface area contributed by atoms with E-state index in [-0.39, 0.29) is 29.7 Å².